The largest absolute Gasteiger partial charge is 0.350 e. The van der Waals surface area contributed by atoms with E-state index in [1.54, 1.807) is 0 Å². The minimum Gasteiger partial charge on any atom is -0.350 e. The molecule has 4 heterocycles. The van der Waals surface area contributed by atoms with Gasteiger partial charge in [-0.1, -0.05) is 54.6 Å². The fourth-order valence-corrected chi connectivity index (χ4v) is 5.87. The summed E-state index contributed by atoms with van der Waals surface area (Å²) >= 11 is 0. The number of anilines is 1. The molecular weight excluding hydrogens is 444 g/mol. The molecule has 2 aromatic heterocycles. The summed E-state index contributed by atoms with van der Waals surface area (Å²) in [6, 6.07) is 21.4. The second-order valence-electron chi connectivity index (χ2n) is 10.3. The SMILES string of the molecule is Cc1c(C)n(Cc2ccccc2)c2c(N3CCc4ccccc4C3)nc(C(=O)N3CCCCC3)cc12. The van der Waals surface area contributed by atoms with E-state index in [1.165, 1.54) is 34.4 Å². The second kappa shape index (κ2) is 9.45. The van der Waals surface area contributed by atoms with Crippen LogP contribution in [0.4, 0.5) is 5.82 Å². The molecule has 2 aromatic carbocycles. The number of fused-ring (bicyclic) bond motifs is 2. The van der Waals surface area contributed by atoms with E-state index in [0.717, 1.165) is 68.7 Å². The lowest BCUT2D eigenvalue weighted by Gasteiger charge is -2.31. The van der Waals surface area contributed by atoms with Crippen molar-refractivity contribution in [2.45, 2.75) is 52.6 Å². The fourth-order valence-electron chi connectivity index (χ4n) is 5.87. The number of carbonyl (C=O) groups is 1. The Bertz CT molecular complexity index is 1420. The summed E-state index contributed by atoms with van der Waals surface area (Å²) in [5.41, 5.74) is 8.22. The molecule has 0 N–H and O–H groups in total. The number of aromatic nitrogens is 2. The van der Waals surface area contributed by atoms with Crippen LogP contribution in [0.2, 0.25) is 0 Å². The Morgan fingerprint density at radius 2 is 1.61 bits per heavy atom. The third-order valence-corrected chi connectivity index (χ3v) is 8.07. The van der Waals surface area contributed by atoms with Crippen molar-refractivity contribution in [3.63, 3.8) is 0 Å². The molecule has 0 saturated carbocycles. The molecule has 5 nitrogen and oxygen atoms in total. The van der Waals surface area contributed by atoms with E-state index >= 15 is 0 Å². The molecule has 2 aliphatic heterocycles. The molecular formula is C31H34N4O. The van der Waals surface area contributed by atoms with E-state index in [-0.39, 0.29) is 5.91 Å². The molecule has 4 aromatic rings. The zero-order valence-corrected chi connectivity index (χ0v) is 21.3. The van der Waals surface area contributed by atoms with Crippen LogP contribution in [-0.2, 0) is 19.5 Å². The van der Waals surface area contributed by atoms with E-state index in [1.807, 2.05) is 4.90 Å². The molecule has 0 bridgehead atoms. The number of amides is 1. The van der Waals surface area contributed by atoms with E-state index in [2.05, 4.69) is 84.0 Å². The van der Waals surface area contributed by atoms with Crippen molar-refractivity contribution in [2.75, 3.05) is 24.5 Å². The van der Waals surface area contributed by atoms with Gasteiger partial charge in [0.2, 0.25) is 0 Å². The predicted octanol–water partition coefficient (Wildman–Crippen LogP) is 5.89. The number of hydrogen-bond donors (Lipinski definition) is 0. The Balaban J connectivity index is 1.51. The summed E-state index contributed by atoms with van der Waals surface area (Å²) in [6.45, 7) is 8.54. The van der Waals surface area contributed by atoms with Crippen LogP contribution in [0.1, 0.15) is 57.7 Å². The molecule has 0 unspecified atom stereocenters. The number of pyridine rings is 1. The van der Waals surface area contributed by atoms with Gasteiger partial charge in [0.15, 0.2) is 5.82 Å². The molecule has 6 rings (SSSR count). The van der Waals surface area contributed by atoms with Gasteiger partial charge in [0.25, 0.3) is 5.91 Å². The molecule has 0 spiro atoms. The second-order valence-corrected chi connectivity index (χ2v) is 10.3. The number of hydrogen-bond acceptors (Lipinski definition) is 3. The maximum atomic E-state index is 13.6. The predicted molar refractivity (Wildman–Crippen MR) is 146 cm³/mol. The third-order valence-electron chi connectivity index (χ3n) is 8.07. The topological polar surface area (TPSA) is 41.4 Å². The number of benzene rings is 2. The maximum Gasteiger partial charge on any atom is 0.272 e. The molecule has 0 aliphatic carbocycles. The Hall–Kier alpha value is -3.60. The highest BCUT2D eigenvalue weighted by molar-refractivity contribution is 6.01. The summed E-state index contributed by atoms with van der Waals surface area (Å²) in [5.74, 6) is 1.01. The molecule has 184 valence electrons. The Morgan fingerprint density at radius 1 is 0.889 bits per heavy atom. The number of rotatable bonds is 4. The highest BCUT2D eigenvalue weighted by Crippen LogP contribution is 2.36. The summed E-state index contributed by atoms with van der Waals surface area (Å²) in [6.07, 6.45) is 4.35. The van der Waals surface area contributed by atoms with Gasteiger partial charge in [0.05, 0.1) is 5.52 Å². The smallest absolute Gasteiger partial charge is 0.272 e. The Morgan fingerprint density at radius 3 is 2.39 bits per heavy atom. The van der Waals surface area contributed by atoms with Gasteiger partial charge in [0.1, 0.15) is 5.69 Å². The number of likely N-dealkylation sites (tertiary alicyclic amines) is 1. The minimum atomic E-state index is 0.0723. The lowest BCUT2D eigenvalue weighted by molar-refractivity contribution is 0.0718. The van der Waals surface area contributed by atoms with Gasteiger partial charge >= 0.3 is 0 Å². The zero-order valence-electron chi connectivity index (χ0n) is 21.3. The van der Waals surface area contributed by atoms with Crippen LogP contribution in [0.5, 0.6) is 0 Å². The number of piperidine rings is 1. The van der Waals surface area contributed by atoms with Crippen LogP contribution in [0, 0.1) is 13.8 Å². The molecule has 36 heavy (non-hydrogen) atoms. The minimum absolute atomic E-state index is 0.0723. The normalized spacial score (nSPS) is 15.8. The van der Waals surface area contributed by atoms with E-state index in [4.69, 9.17) is 4.98 Å². The summed E-state index contributed by atoms with van der Waals surface area (Å²) in [7, 11) is 0. The van der Waals surface area contributed by atoms with Gasteiger partial charge in [-0.15, -0.1) is 0 Å². The van der Waals surface area contributed by atoms with E-state index < -0.39 is 0 Å². The van der Waals surface area contributed by atoms with Crippen molar-refractivity contribution in [3.8, 4) is 0 Å². The lowest BCUT2D eigenvalue weighted by atomic mass is 9.99. The average molecular weight is 479 g/mol. The van der Waals surface area contributed by atoms with Gasteiger partial charge < -0.3 is 14.4 Å². The molecule has 1 saturated heterocycles. The summed E-state index contributed by atoms with van der Waals surface area (Å²) < 4.78 is 2.40. The van der Waals surface area contributed by atoms with Gasteiger partial charge in [-0.05, 0) is 67.9 Å². The molecule has 0 atom stereocenters. The first-order valence-electron chi connectivity index (χ1n) is 13.3. The standard InChI is InChI=1S/C31H34N4O/c1-22-23(2)35(20-24-11-5-3-6-12-24)29-27(22)19-28(31(36)33-16-9-4-10-17-33)32-30(29)34-18-15-25-13-7-8-14-26(25)21-34/h3,5-8,11-14,19H,4,9-10,15-18,20-21H2,1-2H3. The highest BCUT2D eigenvalue weighted by Gasteiger charge is 2.27. The first-order valence-corrected chi connectivity index (χ1v) is 13.3. The Labute approximate surface area is 213 Å². The van der Waals surface area contributed by atoms with Crippen molar-refractivity contribution in [2.24, 2.45) is 0 Å². The molecule has 0 radical (unpaired) electrons. The van der Waals surface area contributed by atoms with Crippen LogP contribution in [-0.4, -0.2) is 40.0 Å². The van der Waals surface area contributed by atoms with Crippen LogP contribution in [0.15, 0.2) is 60.7 Å². The number of aryl methyl sites for hydroxylation is 1. The molecule has 5 heteroatoms. The van der Waals surface area contributed by atoms with Gasteiger partial charge in [-0.25, -0.2) is 4.98 Å². The van der Waals surface area contributed by atoms with Crippen molar-refractivity contribution in [1.29, 1.82) is 0 Å². The van der Waals surface area contributed by atoms with Crippen LogP contribution in [0.3, 0.4) is 0 Å². The molecule has 2 aliphatic rings. The maximum absolute atomic E-state index is 13.6. The van der Waals surface area contributed by atoms with Crippen molar-refractivity contribution in [3.05, 3.63) is 94.3 Å². The summed E-state index contributed by atoms with van der Waals surface area (Å²) in [4.78, 5) is 23.1. The highest BCUT2D eigenvalue weighted by atomic mass is 16.2. The lowest BCUT2D eigenvalue weighted by Crippen LogP contribution is -2.37. The average Bonchev–Trinajstić information content (AvgIpc) is 3.17. The first kappa shape index (κ1) is 22.8. The van der Waals surface area contributed by atoms with E-state index in [0.29, 0.717) is 5.69 Å². The van der Waals surface area contributed by atoms with E-state index in [9.17, 15) is 4.79 Å². The van der Waals surface area contributed by atoms with Crippen molar-refractivity contribution < 1.29 is 4.79 Å². The zero-order chi connectivity index (χ0) is 24.6. The molecule has 1 fully saturated rings. The first-order chi connectivity index (χ1) is 17.6. The fraction of sp³-hybridized carbons (Fsp3) is 0.355. The van der Waals surface area contributed by atoms with Crippen molar-refractivity contribution >= 4 is 22.6 Å². The van der Waals surface area contributed by atoms with Gasteiger partial charge in [-0.3, -0.25) is 4.79 Å². The molecule has 1 amide bonds. The third kappa shape index (κ3) is 4.06. The number of carbonyl (C=O) groups excluding carboxylic acids is 1. The van der Waals surface area contributed by atoms with Gasteiger partial charge in [0, 0.05) is 43.8 Å². The summed E-state index contributed by atoms with van der Waals surface area (Å²) in [5, 5.41) is 1.15. The van der Waals surface area contributed by atoms with Crippen LogP contribution in [0.25, 0.3) is 10.9 Å². The quantitative estimate of drug-likeness (QED) is 0.367. The van der Waals surface area contributed by atoms with Crippen molar-refractivity contribution in [1.82, 2.24) is 14.5 Å². The monoisotopic (exact) mass is 478 g/mol. The van der Waals surface area contributed by atoms with Crippen LogP contribution < -0.4 is 4.90 Å². The van der Waals surface area contributed by atoms with Crippen LogP contribution >= 0.6 is 0 Å². The van der Waals surface area contributed by atoms with Gasteiger partial charge in [-0.2, -0.15) is 0 Å². The number of nitrogens with zero attached hydrogens (tertiary/aromatic N) is 4. The Kier molecular flexibility index (Phi) is 6.00.